The molecule has 0 aliphatic carbocycles. The number of H-pyrrole nitrogens is 1. The predicted molar refractivity (Wildman–Crippen MR) is 80.0 cm³/mol. The van der Waals surface area contributed by atoms with Gasteiger partial charge in [-0.15, -0.1) is 0 Å². The summed E-state index contributed by atoms with van der Waals surface area (Å²) < 4.78 is 5.60. The Hall–Kier alpha value is -2.27. The minimum atomic E-state index is -0.0861. The van der Waals surface area contributed by atoms with E-state index in [9.17, 15) is 4.79 Å². The molecule has 0 spiro atoms. The molecule has 6 heteroatoms. The number of aromatic amines is 1. The van der Waals surface area contributed by atoms with Crippen LogP contribution in [0.2, 0.25) is 5.02 Å². The number of likely N-dealkylation sites (N-methyl/N-ethyl adjacent to an activating group) is 1. The van der Waals surface area contributed by atoms with Gasteiger partial charge in [0, 0.05) is 30.0 Å². The van der Waals surface area contributed by atoms with E-state index in [2.05, 4.69) is 9.97 Å². The van der Waals surface area contributed by atoms with Crippen LogP contribution >= 0.6 is 11.6 Å². The van der Waals surface area contributed by atoms with E-state index in [4.69, 9.17) is 16.3 Å². The molecular weight excluding hydrogens is 290 g/mol. The van der Waals surface area contributed by atoms with Crippen molar-refractivity contribution in [2.45, 2.75) is 6.54 Å². The van der Waals surface area contributed by atoms with Crippen LogP contribution in [0.15, 0.2) is 36.2 Å². The Morgan fingerprint density at radius 3 is 3.14 bits per heavy atom. The third-order valence-corrected chi connectivity index (χ3v) is 3.48. The number of rotatable bonds is 3. The number of ether oxygens (including phenoxy) is 1. The molecule has 3 rings (SSSR count). The number of hydrogen-bond acceptors (Lipinski definition) is 3. The number of fused-ring (bicyclic) bond motifs is 1. The van der Waals surface area contributed by atoms with E-state index in [0.29, 0.717) is 17.1 Å². The maximum absolute atomic E-state index is 12.4. The fourth-order valence-electron chi connectivity index (χ4n) is 2.20. The molecule has 0 radical (unpaired) electrons. The summed E-state index contributed by atoms with van der Waals surface area (Å²) in [4.78, 5) is 21.1. The smallest absolute Gasteiger partial charge is 0.253 e. The summed E-state index contributed by atoms with van der Waals surface area (Å²) >= 11 is 5.97. The number of halogens is 1. The van der Waals surface area contributed by atoms with Gasteiger partial charge in [0.1, 0.15) is 18.2 Å². The lowest BCUT2D eigenvalue weighted by molar-refractivity contribution is -0.126. The van der Waals surface area contributed by atoms with Crippen LogP contribution in [0.1, 0.15) is 11.4 Å². The molecule has 0 fully saturated rings. The third kappa shape index (κ3) is 2.92. The van der Waals surface area contributed by atoms with Crippen LogP contribution in [0.3, 0.4) is 0 Å². The van der Waals surface area contributed by atoms with Gasteiger partial charge in [0.2, 0.25) is 0 Å². The third-order valence-electron chi connectivity index (χ3n) is 3.25. The van der Waals surface area contributed by atoms with E-state index in [1.165, 1.54) is 0 Å². The van der Waals surface area contributed by atoms with E-state index in [1.807, 2.05) is 12.1 Å². The summed E-state index contributed by atoms with van der Waals surface area (Å²) in [7, 11) is 1.74. The lowest BCUT2D eigenvalue weighted by Crippen LogP contribution is -2.30. The highest BCUT2D eigenvalue weighted by molar-refractivity contribution is 6.30. The Balaban J connectivity index is 1.79. The lowest BCUT2D eigenvalue weighted by Gasteiger charge is -2.22. The fraction of sp³-hybridized carbons (Fsp3) is 0.200. The van der Waals surface area contributed by atoms with E-state index in [-0.39, 0.29) is 12.5 Å². The highest BCUT2D eigenvalue weighted by atomic mass is 35.5. The zero-order chi connectivity index (χ0) is 14.8. The zero-order valence-corrected chi connectivity index (χ0v) is 12.2. The Bertz CT molecular complexity index is 695. The van der Waals surface area contributed by atoms with Crippen LogP contribution in [0.5, 0.6) is 5.75 Å². The fourth-order valence-corrected chi connectivity index (χ4v) is 2.38. The summed E-state index contributed by atoms with van der Waals surface area (Å²) in [5.74, 6) is 1.40. The van der Waals surface area contributed by atoms with E-state index >= 15 is 0 Å². The van der Waals surface area contributed by atoms with Gasteiger partial charge in [-0.3, -0.25) is 4.79 Å². The van der Waals surface area contributed by atoms with Gasteiger partial charge in [0.15, 0.2) is 0 Å². The molecule has 5 nitrogen and oxygen atoms in total. The lowest BCUT2D eigenvalue weighted by atomic mass is 10.1. The minimum absolute atomic E-state index is 0.0861. The number of nitrogens with one attached hydrogen (secondary N) is 1. The number of nitrogens with zero attached hydrogens (tertiary/aromatic N) is 2. The maximum Gasteiger partial charge on any atom is 0.253 e. The molecule has 0 saturated heterocycles. The molecular formula is C15H14ClN3O2. The van der Waals surface area contributed by atoms with Crippen molar-refractivity contribution in [2.24, 2.45) is 0 Å². The number of imidazole rings is 1. The van der Waals surface area contributed by atoms with Gasteiger partial charge < -0.3 is 14.6 Å². The van der Waals surface area contributed by atoms with Crippen LogP contribution in [0, 0.1) is 0 Å². The Kier molecular flexibility index (Phi) is 3.66. The van der Waals surface area contributed by atoms with Gasteiger partial charge in [0.25, 0.3) is 5.91 Å². The van der Waals surface area contributed by atoms with Crippen molar-refractivity contribution in [3.8, 4) is 5.75 Å². The summed E-state index contributed by atoms with van der Waals surface area (Å²) in [5.41, 5.74) is 1.42. The van der Waals surface area contributed by atoms with Crippen LogP contribution < -0.4 is 4.74 Å². The van der Waals surface area contributed by atoms with Crippen molar-refractivity contribution >= 4 is 23.6 Å². The summed E-state index contributed by atoms with van der Waals surface area (Å²) in [6, 6.07) is 5.36. The predicted octanol–water partition coefficient (Wildman–Crippen LogP) is 2.50. The second-order valence-corrected chi connectivity index (χ2v) is 5.27. The summed E-state index contributed by atoms with van der Waals surface area (Å²) in [6.07, 6.45) is 5.22. The highest BCUT2D eigenvalue weighted by Crippen LogP contribution is 2.29. The number of hydrogen-bond donors (Lipinski definition) is 1. The summed E-state index contributed by atoms with van der Waals surface area (Å²) in [5, 5.41) is 0.617. The van der Waals surface area contributed by atoms with Gasteiger partial charge in [-0.25, -0.2) is 4.98 Å². The van der Waals surface area contributed by atoms with Crippen molar-refractivity contribution in [1.29, 1.82) is 0 Å². The standard InChI is InChI=1S/C15H14ClN3O2/c1-19(8-14-17-4-5-18-14)15(20)11-6-10-7-12(16)2-3-13(10)21-9-11/h2-7H,8-9H2,1H3,(H,17,18). The van der Waals surface area contributed by atoms with Crippen molar-refractivity contribution in [2.75, 3.05) is 13.7 Å². The average molecular weight is 304 g/mol. The maximum atomic E-state index is 12.4. The molecule has 1 N–H and O–H groups in total. The first-order chi connectivity index (χ1) is 10.1. The molecule has 2 aromatic rings. The van der Waals surface area contributed by atoms with Gasteiger partial charge in [-0.1, -0.05) is 11.6 Å². The monoisotopic (exact) mass is 303 g/mol. The quantitative estimate of drug-likeness (QED) is 0.948. The molecule has 108 valence electrons. The highest BCUT2D eigenvalue weighted by Gasteiger charge is 2.20. The second-order valence-electron chi connectivity index (χ2n) is 4.84. The largest absolute Gasteiger partial charge is 0.488 e. The van der Waals surface area contributed by atoms with Crippen molar-refractivity contribution in [3.05, 3.63) is 52.6 Å². The molecule has 1 amide bonds. The molecule has 21 heavy (non-hydrogen) atoms. The molecule has 0 saturated carbocycles. The molecule has 0 unspecified atom stereocenters. The van der Waals surface area contributed by atoms with E-state index in [1.54, 1.807) is 36.5 Å². The van der Waals surface area contributed by atoms with Crippen LogP contribution in [-0.2, 0) is 11.3 Å². The topological polar surface area (TPSA) is 58.2 Å². The van der Waals surface area contributed by atoms with Crippen molar-refractivity contribution in [3.63, 3.8) is 0 Å². The molecule has 1 aromatic carbocycles. The normalized spacial score (nSPS) is 13.1. The second kappa shape index (κ2) is 5.61. The van der Waals surface area contributed by atoms with Gasteiger partial charge >= 0.3 is 0 Å². The van der Waals surface area contributed by atoms with Gasteiger partial charge in [0.05, 0.1) is 12.1 Å². The first-order valence-corrected chi connectivity index (χ1v) is 6.88. The molecule has 1 aromatic heterocycles. The summed E-state index contributed by atoms with van der Waals surface area (Å²) in [6.45, 7) is 0.682. The molecule has 1 aliphatic rings. The number of amides is 1. The van der Waals surface area contributed by atoms with E-state index < -0.39 is 0 Å². The first kappa shape index (κ1) is 13.7. The number of carbonyl (C=O) groups excluding carboxylic acids is 1. The van der Waals surface area contributed by atoms with Crippen LogP contribution in [-0.4, -0.2) is 34.4 Å². The molecule has 2 heterocycles. The Morgan fingerprint density at radius 1 is 1.52 bits per heavy atom. The SMILES string of the molecule is CN(Cc1ncc[nH]1)C(=O)C1=Cc2cc(Cl)ccc2OC1. The Labute approximate surface area is 127 Å². The van der Waals surface area contributed by atoms with Gasteiger partial charge in [-0.05, 0) is 24.3 Å². The Morgan fingerprint density at radius 2 is 2.38 bits per heavy atom. The number of aromatic nitrogens is 2. The van der Waals surface area contributed by atoms with Crippen LogP contribution in [0.25, 0.3) is 6.08 Å². The van der Waals surface area contributed by atoms with Crippen molar-refractivity contribution in [1.82, 2.24) is 14.9 Å². The molecule has 0 atom stereocenters. The zero-order valence-electron chi connectivity index (χ0n) is 11.5. The van der Waals surface area contributed by atoms with Crippen LogP contribution in [0.4, 0.5) is 0 Å². The minimum Gasteiger partial charge on any atom is -0.488 e. The van der Waals surface area contributed by atoms with Crippen molar-refractivity contribution < 1.29 is 9.53 Å². The first-order valence-electron chi connectivity index (χ1n) is 6.50. The van der Waals surface area contributed by atoms with Gasteiger partial charge in [-0.2, -0.15) is 0 Å². The molecule has 1 aliphatic heterocycles. The number of benzene rings is 1. The van der Waals surface area contributed by atoms with E-state index in [0.717, 1.165) is 17.1 Å². The average Bonchev–Trinajstić information content (AvgIpc) is 2.98. The molecule has 0 bridgehead atoms. The number of carbonyl (C=O) groups is 1.